The van der Waals surface area contributed by atoms with Crippen molar-refractivity contribution in [2.45, 2.75) is 23.5 Å². The predicted molar refractivity (Wildman–Crippen MR) is 112 cm³/mol. The maximum absolute atomic E-state index is 11.9. The number of sulfonamides is 1. The summed E-state index contributed by atoms with van der Waals surface area (Å²) in [5, 5.41) is 4.32. The van der Waals surface area contributed by atoms with E-state index < -0.39 is 28.5 Å². The highest BCUT2D eigenvalue weighted by Crippen LogP contribution is 2.22. The van der Waals surface area contributed by atoms with Crippen LogP contribution >= 0.6 is 11.3 Å². The number of thiophene rings is 1. The number of carbonyl (C=O) groups is 2. The second-order valence-electron chi connectivity index (χ2n) is 6.53. The van der Waals surface area contributed by atoms with Gasteiger partial charge in [0.2, 0.25) is 10.0 Å². The van der Waals surface area contributed by atoms with Crippen molar-refractivity contribution < 1.29 is 22.7 Å². The SMILES string of the molecule is O=C(COC(=O)CCNS(=O)(=O)c1cccs1)Nc1ccc(N2CCCC2)cc1. The Hall–Kier alpha value is -2.43. The summed E-state index contributed by atoms with van der Waals surface area (Å²) in [5.74, 6) is -1.11. The molecule has 2 N–H and O–H groups in total. The molecule has 156 valence electrons. The van der Waals surface area contributed by atoms with E-state index in [2.05, 4.69) is 14.9 Å². The molecule has 1 aliphatic heterocycles. The Balaban J connectivity index is 1.36. The largest absolute Gasteiger partial charge is 0.456 e. The molecule has 0 atom stereocenters. The van der Waals surface area contributed by atoms with Crippen molar-refractivity contribution >= 4 is 44.6 Å². The van der Waals surface area contributed by atoms with E-state index in [0.717, 1.165) is 30.1 Å². The van der Waals surface area contributed by atoms with Crippen LogP contribution in [0.3, 0.4) is 0 Å². The van der Waals surface area contributed by atoms with E-state index in [9.17, 15) is 18.0 Å². The first-order valence-corrected chi connectivity index (χ1v) is 11.6. The van der Waals surface area contributed by atoms with Crippen LogP contribution in [0.25, 0.3) is 0 Å². The van der Waals surface area contributed by atoms with Crippen LogP contribution in [-0.4, -0.2) is 46.5 Å². The summed E-state index contributed by atoms with van der Waals surface area (Å²) in [5.41, 5.74) is 1.75. The first-order chi connectivity index (χ1) is 13.9. The molecule has 10 heteroatoms. The van der Waals surface area contributed by atoms with Crippen LogP contribution in [-0.2, 0) is 24.3 Å². The minimum atomic E-state index is -3.62. The van der Waals surface area contributed by atoms with Gasteiger partial charge in [0.05, 0.1) is 6.42 Å². The van der Waals surface area contributed by atoms with Crippen LogP contribution in [0.5, 0.6) is 0 Å². The fourth-order valence-electron chi connectivity index (χ4n) is 2.92. The maximum atomic E-state index is 11.9. The Morgan fingerprint density at radius 3 is 2.48 bits per heavy atom. The van der Waals surface area contributed by atoms with Gasteiger partial charge in [-0.25, -0.2) is 13.1 Å². The van der Waals surface area contributed by atoms with E-state index in [1.807, 2.05) is 24.3 Å². The third-order valence-electron chi connectivity index (χ3n) is 4.37. The number of nitrogens with zero attached hydrogens (tertiary/aromatic N) is 1. The Kier molecular flexibility index (Phi) is 7.24. The average Bonchev–Trinajstić information content (AvgIpc) is 3.41. The standard InChI is InChI=1S/C19H23N3O5S2/c23-17(21-15-5-7-16(8-6-15)22-11-1-2-12-22)14-27-18(24)9-10-20-29(25,26)19-4-3-13-28-19/h3-8,13,20H,1-2,9-12,14H2,(H,21,23). The van der Waals surface area contributed by atoms with Gasteiger partial charge in [0.1, 0.15) is 4.21 Å². The highest BCUT2D eigenvalue weighted by Gasteiger charge is 2.16. The van der Waals surface area contributed by atoms with Gasteiger partial charge in [0.25, 0.3) is 5.91 Å². The predicted octanol–water partition coefficient (Wildman–Crippen LogP) is 2.20. The first-order valence-electron chi connectivity index (χ1n) is 9.28. The van der Waals surface area contributed by atoms with E-state index in [4.69, 9.17) is 4.74 Å². The number of nitrogens with one attached hydrogen (secondary N) is 2. The summed E-state index contributed by atoms with van der Waals surface area (Å²) in [7, 11) is -3.62. The number of anilines is 2. The second-order valence-corrected chi connectivity index (χ2v) is 9.47. The fraction of sp³-hybridized carbons (Fsp3) is 0.368. The number of hydrogen-bond donors (Lipinski definition) is 2. The number of hydrogen-bond acceptors (Lipinski definition) is 7. The molecule has 0 saturated carbocycles. The van der Waals surface area contributed by atoms with Crippen LogP contribution in [0, 0.1) is 0 Å². The third-order valence-corrected chi connectivity index (χ3v) is 7.23. The molecule has 3 rings (SSSR count). The van der Waals surface area contributed by atoms with Crippen molar-refractivity contribution in [3.05, 3.63) is 41.8 Å². The lowest BCUT2D eigenvalue weighted by molar-refractivity contribution is -0.147. The molecule has 2 aromatic rings. The van der Waals surface area contributed by atoms with Crippen LogP contribution in [0.15, 0.2) is 46.0 Å². The topological polar surface area (TPSA) is 105 Å². The van der Waals surface area contributed by atoms with Gasteiger partial charge >= 0.3 is 5.97 Å². The number of carbonyl (C=O) groups excluding carboxylic acids is 2. The Labute approximate surface area is 173 Å². The average molecular weight is 438 g/mol. The molecular formula is C19H23N3O5S2. The van der Waals surface area contributed by atoms with Gasteiger partial charge in [-0.15, -0.1) is 11.3 Å². The number of benzene rings is 1. The summed E-state index contributed by atoms with van der Waals surface area (Å²) in [6.07, 6.45) is 2.22. The molecule has 1 fully saturated rings. The smallest absolute Gasteiger partial charge is 0.307 e. The zero-order valence-corrected chi connectivity index (χ0v) is 17.4. The molecule has 1 aromatic carbocycles. The summed E-state index contributed by atoms with van der Waals surface area (Å²) >= 11 is 1.09. The Bertz CT molecular complexity index is 921. The molecule has 0 aliphatic carbocycles. The Morgan fingerprint density at radius 1 is 1.10 bits per heavy atom. The molecule has 1 aliphatic rings. The maximum Gasteiger partial charge on any atom is 0.307 e. The van der Waals surface area contributed by atoms with Crippen molar-refractivity contribution in [1.29, 1.82) is 0 Å². The van der Waals surface area contributed by atoms with Crippen LogP contribution < -0.4 is 14.9 Å². The van der Waals surface area contributed by atoms with E-state index in [0.29, 0.717) is 5.69 Å². The zero-order chi connectivity index (χ0) is 20.7. The van der Waals surface area contributed by atoms with E-state index in [-0.39, 0.29) is 17.2 Å². The molecule has 0 unspecified atom stereocenters. The second kappa shape index (κ2) is 9.86. The summed E-state index contributed by atoms with van der Waals surface area (Å²) in [6, 6.07) is 10.6. The van der Waals surface area contributed by atoms with Crippen molar-refractivity contribution in [3.63, 3.8) is 0 Å². The van der Waals surface area contributed by atoms with Gasteiger partial charge in [0.15, 0.2) is 6.61 Å². The van der Waals surface area contributed by atoms with Gasteiger partial charge in [-0.3, -0.25) is 9.59 Å². The quantitative estimate of drug-likeness (QED) is 0.583. The van der Waals surface area contributed by atoms with Gasteiger partial charge < -0.3 is 15.0 Å². The van der Waals surface area contributed by atoms with Crippen molar-refractivity contribution in [2.24, 2.45) is 0 Å². The van der Waals surface area contributed by atoms with Crippen molar-refractivity contribution in [1.82, 2.24) is 4.72 Å². The summed E-state index contributed by atoms with van der Waals surface area (Å²) in [6.45, 7) is 1.57. The minimum absolute atomic E-state index is 0.0986. The van der Waals surface area contributed by atoms with Crippen LogP contribution in [0.4, 0.5) is 11.4 Å². The molecule has 0 spiro atoms. The van der Waals surface area contributed by atoms with Crippen LogP contribution in [0.1, 0.15) is 19.3 Å². The lowest BCUT2D eigenvalue weighted by Gasteiger charge is -2.17. The molecular weight excluding hydrogens is 414 g/mol. The molecule has 1 aromatic heterocycles. The number of amides is 1. The van der Waals surface area contributed by atoms with Crippen molar-refractivity contribution in [2.75, 3.05) is 36.5 Å². The number of esters is 1. The zero-order valence-electron chi connectivity index (χ0n) is 15.8. The molecule has 2 heterocycles. The monoisotopic (exact) mass is 437 g/mol. The Morgan fingerprint density at radius 2 is 1.83 bits per heavy atom. The van der Waals surface area contributed by atoms with Gasteiger partial charge in [-0.05, 0) is 48.6 Å². The van der Waals surface area contributed by atoms with Gasteiger partial charge in [-0.2, -0.15) is 0 Å². The first kappa shape index (κ1) is 21.3. The molecule has 0 bridgehead atoms. The molecule has 1 saturated heterocycles. The van der Waals surface area contributed by atoms with Gasteiger partial charge in [0, 0.05) is 31.0 Å². The summed E-state index contributed by atoms with van der Waals surface area (Å²) < 4.78 is 31.3. The molecule has 29 heavy (non-hydrogen) atoms. The fourth-order valence-corrected chi connectivity index (χ4v) is 4.99. The van der Waals surface area contributed by atoms with Crippen molar-refractivity contribution in [3.8, 4) is 0 Å². The van der Waals surface area contributed by atoms with Crippen LogP contribution in [0.2, 0.25) is 0 Å². The number of ether oxygens (including phenoxy) is 1. The van der Waals surface area contributed by atoms with E-state index in [1.54, 1.807) is 11.4 Å². The normalized spacial score (nSPS) is 14.0. The highest BCUT2D eigenvalue weighted by molar-refractivity contribution is 7.91. The van der Waals surface area contributed by atoms with E-state index in [1.165, 1.54) is 18.9 Å². The van der Waals surface area contributed by atoms with E-state index >= 15 is 0 Å². The molecule has 8 nitrogen and oxygen atoms in total. The number of rotatable bonds is 9. The highest BCUT2D eigenvalue weighted by atomic mass is 32.2. The third kappa shape index (κ3) is 6.28. The van der Waals surface area contributed by atoms with Gasteiger partial charge in [-0.1, -0.05) is 6.07 Å². The lowest BCUT2D eigenvalue weighted by Crippen LogP contribution is -2.27. The molecule has 0 radical (unpaired) electrons. The summed E-state index contributed by atoms with van der Waals surface area (Å²) in [4.78, 5) is 26.0. The minimum Gasteiger partial charge on any atom is -0.456 e. The molecule has 1 amide bonds. The lowest BCUT2D eigenvalue weighted by atomic mass is 10.2.